The molecule has 0 saturated heterocycles. The number of rotatable bonds is 4. The Balaban J connectivity index is 1.35. The molecular weight excluding hydrogens is 476 g/mol. The molecule has 3 aromatic heterocycles. The van der Waals surface area contributed by atoms with Crippen LogP contribution < -0.4 is 0 Å². The molecule has 0 saturated carbocycles. The zero-order valence-corrected chi connectivity index (χ0v) is 22.3. The SMILES string of the molecule is CC1c2c(c3ccccc3n2-c2ccc(-c3cc(-c4ccccc4)nc(-c4ccccc4)c3)cn2)CCN1C. The molecule has 0 N–H and O–H groups in total. The summed E-state index contributed by atoms with van der Waals surface area (Å²) < 4.78 is 2.37. The third kappa shape index (κ3) is 4.14. The average molecular weight is 507 g/mol. The van der Waals surface area contributed by atoms with Crippen molar-refractivity contribution < 1.29 is 0 Å². The monoisotopic (exact) mass is 506 g/mol. The van der Waals surface area contributed by atoms with E-state index in [0.717, 1.165) is 52.4 Å². The van der Waals surface area contributed by atoms with Crippen LogP contribution >= 0.6 is 0 Å². The zero-order valence-electron chi connectivity index (χ0n) is 22.3. The summed E-state index contributed by atoms with van der Waals surface area (Å²) >= 11 is 0. The number of benzene rings is 3. The number of hydrogen-bond donors (Lipinski definition) is 0. The van der Waals surface area contributed by atoms with Gasteiger partial charge >= 0.3 is 0 Å². The number of aromatic nitrogens is 3. The van der Waals surface area contributed by atoms with Crippen LogP contribution in [0.5, 0.6) is 0 Å². The van der Waals surface area contributed by atoms with Gasteiger partial charge in [-0.3, -0.25) is 9.47 Å². The molecule has 1 unspecified atom stereocenters. The second-order valence-electron chi connectivity index (χ2n) is 10.4. The predicted molar refractivity (Wildman–Crippen MR) is 160 cm³/mol. The highest BCUT2D eigenvalue weighted by atomic mass is 15.2. The summed E-state index contributed by atoms with van der Waals surface area (Å²) in [6.45, 7) is 3.37. The van der Waals surface area contributed by atoms with Gasteiger partial charge < -0.3 is 0 Å². The molecule has 3 aromatic carbocycles. The van der Waals surface area contributed by atoms with Crippen molar-refractivity contribution in [1.29, 1.82) is 0 Å². The van der Waals surface area contributed by atoms with Gasteiger partial charge in [0.1, 0.15) is 5.82 Å². The van der Waals surface area contributed by atoms with E-state index < -0.39 is 0 Å². The molecule has 1 atom stereocenters. The summed E-state index contributed by atoms with van der Waals surface area (Å²) in [5, 5.41) is 1.34. The van der Waals surface area contributed by atoms with E-state index in [0.29, 0.717) is 6.04 Å². The number of para-hydroxylation sites is 1. The summed E-state index contributed by atoms with van der Waals surface area (Å²) in [6, 6.07) is 38.5. The van der Waals surface area contributed by atoms with Crippen LogP contribution in [0.2, 0.25) is 0 Å². The van der Waals surface area contributed by atoms with Gasteiger partial charge in [-0.25, -0.2) is 9.97 Å². The van der Waals surface area contributed by atoms with Crippen LogP contribution in [-0.4, -0.2) is 33.0 Å². The summed E-state index contributed by atoms with van der Waals surface area (Å²) in [5.41, 5.74) is 10.3. The van der Waals surface area contributed by atoms with Crippen LogP contribution in [0.15, 0.2) is 115 Å². The Hall–Kier alpha value is -4.54. The molecular formula is C35H30N4. The minimum atomic E-state index is 0.324. The summed E-state index contributed by atoms with van der Waals surface area (Å²) in [7, 11) is 2.21. The van der Waals surface area contributed by atoms with Crippen LogP contribution in [-0.2, 0) is 6.42 Å². The first kappa shape index (κ1) is 23.6. The Kier molecular flexibility index (Phi) is 5.83. The van der Waals surface area contributed by atoms with Crippen LogP contribution in [0.4, 0.5) is 0 Å². The maximum absolute atomic E-state index is 5.04. The molecule has 4 heteroatoms. The van der Waals surface area contributed by atoms with Crippen LogP contribution in [0.25, 0.3) is 50.4 Å². The normalized spacial score (nSPS) is 15.4. The third-order valence-electron chi connectivity index (χ3n) is 8.07. The molecule has 6 aromatic rings. The largest absolute Gasteiger partial charge is 0.298 e. The first-order valence-corrected chi connectivity index (χ1v) is 13.6. The van der Waals surface area contributed by atoms with Crippen molar-refractivity contribution in [3.05, 3.63) is 127 Å². The van der Waals surface area contributed by atoms with E-state index in [9.17, 15) is 0 Å². The fraction of sp³-hybridized carbons (Fsp3) is 0.143. The van der Waals surface area contributed by atoms with E-state index in [1.54, 1.807) is 0 Å². The first-order chi connectivity index (χ1) is 19.2. The molecule has 0 aliphatic carbocycles. The quantitative estimate of drug-likeness (QED) is 0.243. The molecule has 0 fully saturated rings. The van der Waals surface area contributed by atoms with Gasteiger partial charge in [0.05, 0.1) is 16.9 Å². The fourth-order valence-electron chi connectivity index (χ4n) is 5.87. The second-order valence-corrected chi connectivity index (χ2v) is 10.4. The molecule has 7 rings (SSSR count). The minimum absolute atomic E-state index is 0.324. The highest BCUT2D eigenvalue weighted by Gasteiger charge is 2.28. The van der Waals surface area contributed by atoms with Crippen LogP contribution in [0.3, 0.4) is 0 Å². The van der Waals surface area contributed by atoms with Gasteiger partial charge in [-0.2, -0.15) is 0 Å². The Bertz CT molecular complexity index is 1710. The number of fused-ring (bicyclic) bond motifs is 3. The van der Waals surface area contributed by atoms with Gasteiger partial charge in [-0.05, 0) is 61.9 Å². The number of nitrogens with zero attached hydrogens (tertiary/aromatic N) is 4. The Morgan fingerprint density at radius 2 is 1.33 bits per heavy atom. The van der Waals surface area contributed by atoms with Gasteiger partial charge in [0.25, 0.3) is 0 Å². The van der Waals surface area contributed by atoms with Crippen LogP contribution in [0, 0.1) is 0 Å². The third-order valence-corrected chi connectivity index (χ3v) is 8.07. The van der Waals surface area contributed by atoms with E-state index in [-0.39, 0.29) is 0 Å². The van der Waals surface area contributed by atoms with E-state index in [2.05, 4.69) is 121 Å². The van der Waals surface area contributed by atoms with Crippen molar-refractivity contribution in [2.24, 2.45) is 0 Å². The first-order valence-electron chi connectivity index (χ1n) is 13.6. The summed E-state index contributed by atoms with van der Waals surface area (Å²) in [5.74, 6) is 0.957. The molecule has 4 nitrogen and oxygen atoms in total. The van der Waals surface area contributed by atoms with E-state index in [4.69, 9.17) is 9.97 Å². The average Bonchev–Trinajstić information content (AvgIpc) is 3.35. The smallest absolute Gasteiger partial charge is 0.137 e. The van der Waals surface area contributed by atoms with Crippen molar-refractivity contribution in [2.45, 2.75) is 19.4 Å². The van der Waals surface area contributed by atoms with Crippen LogP contribution in [0.1, 0.15) is 24.2 Å². The lowest BCUT2D eigenvalue weighted by atomic mass is 9.99. The van der Waals surface area contributed by atoms with Gasteiger partial charge in [0.2, 0.25) is 0 Å². The Labute approximate surface area is 229 Å². The standard InChI is InChI=1S/C35H30N4/c1-24-35-30(19-20-38(24)2)29-15-9-10-16-33(29)39(35)34-18-17-27(23-36-34)28-21-31(25-11-5-3-6-12-25)37-32(22-28)26-13-7-4-8-14-26/h3-18,21-24H,19-20H2,1-2H3. The highest BCUT2D eigenvalue weighted by molar-refractivity contribution is 5.88. The fourth-order valence-corrected chi connectivity index (χ4v) is 5.87. The molecule has 190 valence electrons. The molecule has 0 amide bonds. The van der Waals surface area contributed by atoms with Gasteiger partial charge in [-0.15, -0.1) is 0 Å². The maximum atomic E-state index is 5.04. The van der Waals surface area contributed by atoms with E-state index >= 15 is 0 Å². The maximum Gasteiger partial charge on any atom is 0.137 e. The lowest BCUT2D eigenvalue weighted by molar-refractivity contribution is 0.241. The zero-order chi connectivity index (χ0) is 26.3. The van der Waals surface area contributed by atoms with Crippen molar-refractivity contribution in [3.63, 3.8) is 0 Å². The molecule has 39 heavy (non-hydrogen) atoms. The van der Waals surface area contributed by atoms with Gasteiger partial charge in [-0.1, -0.05) is 78.9 Å². The van der Waals surface area contributed by atoms with E-state index in [1.165, 1.54) is 22.2 Å². The van der Waals surface area contributed by atoms with Crippen molar-refractivity contribution in [3.8, 4) is 39.5 Å². The topological polar surface area (TPSA) is 34.0 Å². The molecule has 0 radical (unpaired) electrons. The van der Waals surface area contributed by atoms with Crippen molar-refractivity contribution >= 4 is 10.9 Å². The van der Waals surface area contributed by atoms with E-state index in [1.807, 2.05) is 18.3 Å². The second kappa shape index (κ2) is 9.64. The molecule has 0 bridgehead atoms. The molecule has 4 heterocycles. The Morgan fingerprint density at radius 1 is 0.692 bits per heavy atom. The summed E-state index contributed by atoms with van der Waals surface area (Å²) in [4.78, 5) is 12.5. The van der Waals surface area contributed by atoms with Gasteiger partial charge in [0.15, 0.2) is 0 Å². The molecule has 1 aliphatic rings. The number of hydrogen-bond acceptors (Lipinski definition) is 3. The number of likely N-dealkylation sites (N-methyl/N-ethyl adjacent to an activating group) is 1. The van der Waals surface area contributed by atoms with Crippen molar-refractivity contribution in [2.75, 3.05) is 13.6 Å². The highest BCUT2D eigenvalue weighted by Crippen LogP contribution is 2.38. The lowest BCUT2D eigenvalue weighted by Gasteiger charge is -2.31. The van der Waals surface area contributed by atoms with Gasteiger partial charge in [0, 0.05) is 46.6 Å². The predicted octanol–water partition coefficient (Wildman–Crippen LogP) is 7.97. The minimum Gasteiger partial charge on any atom is -0.298 e. The molecule has 0 spiro atoms. The number of pyridine rings is 2. The Morgan fingerprint density at radius 3 is 1.97 bits per heavy atom. The summed E-state index contributed by atoms with van der Waals surface area (Å²) in [6.07, 6.45) is 3.07. The molecule has 1 aliphatic heterocycles. The lowest BCUT2D eigenvalue weighted by Crippen LogP contribution is -2.31. The van der Waals surface area contributed by atoms with Crippen molar-refractivity contribution in [1.82, 2.24) is 19.4 Å².